The van der Waals surface area contributed by atoms with E-state index in [-0.39, 0.29) is 0 Å². The Hall–Kier alpha value is -1.38. The maximum atomic E-state index is 12.7. The summed E-state index contributed by atoms with van der Waals surface area (Å²) in [4.78, 5) is 11.5. The van der Waals surface area contributed by atoms with Crippen LogP contribution in [0.15, 0.2) is 0 Å². The second-order valence-electron chi connectivity index (χ2n) is 5.45. The number of alkyl halides is 3. The quantitative estimate of drug-likeness (QED) is 0.739. The van der Waals surface area contributed by atoms with E-state index in [1.807, 2.05) is 5.92 Å². The third kappa shape index (κ3) is 2.71. The Morgan fingerprint density at radius 3 is 2.17 bits per heavy atom. The molecule has 0 aliphatic heterocycles. The highest BCUT2D eigenvalue weighted by Gasteiger charge is 2.73. The van der Waals surface area contributed by atoms with Crippen molar-refractivity contribution < 1.29 is 22.7 Å². The number of terminal acetylenes is 1. The van der Waals surface area contributed by atoms with Crippen molar-refractivity contribution in [3.8, 4) is 12.3 Å². The van der Waals surface area contributed by atoms with Crippen LogP contribution in [0.25, 0.3) is 0 Å². The topological polar surface area (TPSA) is 38.3 Å². The molecule has 1 amide bonds. The molecule has 2 unspecified atom stereocenters. The van der Waals surface area contributed by atoms with Gasteiger partial charge in [0.2, 0.25) is 0 Å². The number of rotatable bonds is 1. The molecule has 3 atom stereocenters. The zero-order valence-electron chi connectivity index (χ0n) is 10.7. The van der Waals surface area contributed by atoms with Gasteiger partial charge in [0.05, 0.1) is 5.92 Å². The zero-order valence-corrected chi connectivity index (χ0v) is 10.7. The molecule has 1 rings (SSSR count). The average Bonchev–Trinajstić information content (AvgIpc) is 2.67. The number of nitrogens with one attached hydrogen (secondary N) is 1. The van der Waals surface area contributed by atoms with Crippen LogP contribution in [0.2, 0.25) is 0 Å². The van der Waals surface area contributed by atoms with Gasteiger partial charge in [-0.1, -0.05) is 12.8 Å². The van der Waals surface area contributed by atoms with Crippen molar-refractivity contribution >= 4 is 6.09 Å². The van der Waals surface area contributed by atoms with Crippen molar-refractivity contribution in [2.75, 3.05) is 0 Å². The smallest absolute Gasteiger partial charge is 0.408 e. The lowest BCUT2D eigenvalue weighted by atomic mass is 10.2. The maximum Gasteiger partial charge on any atom is 0.408 e. The van der Waals surface area contributed by atoms with E-state index in [0.29, 0.717) is 0 Å². The summed E-state index contributed by atoms with van der Waals surface area (Å²) in [5.74, 6) is -0.528. The highest BCUT2D eigenvalue weighted by atomic mass is 19.4. The Bertz CT molecular complexity index is 392. The first-order valence-corrected chi connectivity index (χ1v) is 5.49. The van der Waals surface area contributed by atoms with E-state index in [4.69, 9.17) is 11.2 Å². The van der Waals surface area contributed by atoms with Gasteiger partial charge in [0.25, 0.3) is 0 Å². The van der Waals surface area contributed by atoms with Gasteiger partial charge in [-0.3, -0.25) is 0 Å². The van der Waals surface area contributed by atoms with Crippen LogP contribution in [0.3, 0.4) is 0 Å². The Balaban J connectivity index is 2.77. The molecule has 0 bridgehead atoms. The Morgan fingerprint density at radius 2 is 1.89 bits per heavy atom. The SMILES string of the molecule is C#C[C@]1(NC(=O)OC(C)(C)C)C(C)C1C(F)(F)F. The van der Waals surface area contributed by atoms with Gasteiger partial charge < -0.3 is 10.1 Å². The van der Waals surface area contributed by atoms with Crippen LogP contribution in [0, 0.1) is 24.2 Å². The van der Waals surface area contributed by atoms with Crippen molar-refractivity contribution in [3.63, 3.8) is 0 Å². The number of ether oxygens (including phenoxy) is 1. The molecule has 1 saturated carbocycles. The first kappa shape index (κ1) is 14.7. The van der Waals surface area contributed by atoms with Gasteiger partial charge in [0, 0.05) is 5.92 Å². The molecule has 1 N–H and O–H groups in total. The molecule has 102 valence electrons. The fourth-order valence-corrected chi connectivity index (χ4v) is 2.02. The van der Waals surface area contributed by atoms with Crippen LogP contribution in [-0.2, 0) is 4.74 Å². The normalized spacial score (nSPS) is 31.4. The standard InChI is InChI=1S/C12H16F3NO2/c1-6-11(7(2)8(11)12(13,14)15)16-9(17)18-10(3,4)5/h1,7-8H,2-5H3,(H,16,17)/t7?,8?,11-/m0/s1. The largest absolute Gasteiger partial charge is 0.444 e. The third-order valence-corrected chi connectivity index (χ3v) is 2.90. The van der Waals surface area contributed by atoms with Gasteiger partial charge >= 0.3 is 12.3 Å². The fraction of sp³-hybridized carbons (Fsp3) is 0.750. The highest BCUT2D eigenvalue weighted by molar-refractivity contribution is 5.71. The van der Waals surface area contributed by atoms with E-state index in [1.54, 1.807) is 20.8 Å². The van der Waals surface area contributed by atoms with Crippen molar-refractivity contribution in [3.05, 3.63) is 0 Å². The second-order valence-corrected chi connectivity index (χ2v) is 5.45. The van der Waals surface area contributed by atoms with Crippen molar-refractivity contribution in [2.24, 2.45) is 11.8 Å². The molecule has 0 aromatic heterocycles. The minimum atomic E-state index is -4.43. The lowest BCUT2D eigenvalue weighted by Crippen LogP contribution is -2.43. The third-order valence-electron chi connectivity index (χ3n) is 2.90. The minimum Gasteiger partial charge on any atom is -0.444 e. The van der Waals surface area contributed by atoms with Crippen LogP contribution in [0.1, 0.15) is 27.7 Å². The minimum absolute atomic E-state index is 0.786. The second kappa shape index (κ2) is 4.08. The molecule has 1 aliphatic carbocycles. The molecular weight excluding hydrogens is 247 g/mol. The number of carbonyl (C=O) groups excluding carboxylic acids is 1. The van der Waals surface area contributed by atoms with E-state index in [0.717, 1.165) is 0 Å². The first-order valence-electron chi connectivity index (χ1n) is 5.49. The van der Waals surface area contributed by atoms with Crippen molar-refractivity contribution in [1.82, 2.24) is 5.32 Å². The van der Waals surface area contributed by atoms with Gasteiger partial charge in [0.15, 0.2) is 0 Å². The molecule has 0 heterocycles. The number of carbonyl (C=O) groups is 1. The number of halogens is 3. The summed E-state index contributed by atoms with van der Waals surface area (Å²) in [6.45, 7) is 6.21. The summed E-state index contributed by atoms with van der Waals surface area (Å²) in [6.07, 6.45) is -0.223. The lowest BCUT2D eigenvalue weighted by Gasteiger charge is -2.22. The zero-order chi connectivity index (χ0) is 14.4. The van der Waals surface area contributed by atoms with Crippen molar-refractivity contribution in [2.45, 2.75) is 45.0 Å². The number of alkyl carbamates (subject to hydrolysis) is 1. The fourth-order valence-electron chi connectivity index (χ4n) is 2.02. The Labute approximate surface area is 104 Å². The molecule has 0 spiro atoms. The van der Waals surface area contributed by atoms with Gasteiger partial charge in [-0.25, -0.2) is 4.79 Å². The summed E-state index contributed by atoms with van der Waals surface area (Å²) in [5, 5.41) is 2.16. The number of hydrogen-bond acceptors (Lipinski definition) is 2. The van der Waals surface area contributed by atoms with Gasteiger partial charge in [0.1, 0.15) is 11.1 Å². The molecule has 18 heavy (non-hydrogen) atoms. The lowest BCUT2D eigenvalue weighted by molar-refractivity contribution is -0.153. The predicted octanol–water partition coefficient (Wildman–Crippen LogP) is 2.71. The summed E-state index contributed by atoms with van der Waals surface area (Å²) in [7, 11) is 0. The molecule has 0 aromatic rings. The molecule has 6 heteroatoms. The van der Waals surface area contributed by atoms with E-state index >= 15 is 0 Å². The Kier molecular flexibility index (Phi) is 3.32. The Morgan fingerprint density at radius 1 is 1.39 bits per heavy atom. The molecule has 0 radical (unpaired) electrons. The van der Waals surface area contributed by atoms with E-state index in [2.05, 4.69) is 5.32 Å². The summed E-state index contributed by atoms with van der Waals surface area (Å²) >= 11 is 0. The van der Waals surface area contributed by atoms with Crippen LogP contribution >= 0.6 is 0 Å². The average molecular weight is 263 g/mol. The van der Waals surface area contributed by atoms with E-state index < -0.39 is 35.2 Å². The van der Waals surface area contributed by atoms with Crippen LogP contribution in [0.4, 0.5) is 18.0 Å². The van der Waals surface area contributed by atoms with E-state index in [1.165, 1.54) is 6.92 Å². The highest BCUT2D eigenvalue weighted by Crippen LogP contribution is 2.58. The summed E-state index contributed by atoms with van der Waals surface area (Å²) in [6, 6.07) is 0. The molecule has 1 aliphatic rings. The van der Waals surface area contributed by atoms with Gasteiger partial charge in [-0.2, -0.15) is 13.2 Å². The predicted molar refractivity (Wildman–Crippen MR) is 59.6 cm³/mol. The summed E-state index contributed by atoms with van der Waals surface area (Å²) < 4.78 is 42.9. The van der Waals surface area contributed by atoms with Crippen LogP contribution in [-0.4, -0.2) is 23.4 Å². The van der Waals surface area contributed by atoms with Gasteiger partial charge in [-0.15, -0.1) is 6.42 Å². The maximum absolute atomic E-state index is 12.7. The van der Waals surface area contributed by atoms with Gasteiger partial charge in [-0.05, 0) is 20.8 Å². The van der Waals surface area contributed by atoms with E-state index in [9.17, 15) is 18.0 Å². The van der Waals surface area contributed by atoms with Crippen molar-refractivity contribution in [1.29, 1.82) is 0 Å². The number of amides is 1. The monoisotopic (exact) mass is 263 g/mol. The van der Waals surface area contributed by atoms with Crippen LogP contribution < -0.4 is 5.32 Å². The molecular formula is C12H16F3NO2. The summed E-state index contributed by atoms with van der Waals surface area (Å²) in [5.41, 5.74) is -2.47. The number of hydrogen-bond donors (Lipinski definition) is 1. The molecule has 3 nitrogen and oxygen atoms in total. The molecule has 0 saturated heterocycles. The first-order chi connectivity index (χ1) is 7.94. The molecule has 0 aromatic carbocycles. The molecule has 1 fully saturated rings. The van der Waals surface area contributed by atoms with Crippen LogP contribution in [0.5, 0.6) is 0 Å².